The van der Waals surface area contributed by atoms with Gasteiger partial charge in [-0.1, -0.05) is 37.3 Å². The predicted octanol–water partition coefficient (Wildman–Crippen LogP) is 2.28. The number of hydrogen-bond donors (Lipinski definition) is 0. The van der Waals surface area contributed by atoms with Crippen LogP contribution in [0.3, 0.4) is 0 Å². The van der Waals surface area contributed by atoms with Crippen molar-refractivity contribution in [3.63, 3.8) is 0 Å². The molecule has 4 rings (SSSR count). The molecule has 0 N–H and O–H groups in total. The van der Waals surface area contributed by atoms with Crippen molar-refractivity contribution in [2.24, 2.45) is 17.3 Å². The van der Waals surface area contributed by atoms with E-state index in [0.29, 0.717) is 30.3 Å². The summed E-state index contributed by atoms with van der Waals surface area (Å²) in [6.07, 6.45) is 4.09. The highest BCUT2D eigenvalue weighted by atomic mass is 16.5. The summed E-state index contributed by atoms with van der Waals surface area (Å²) >= 11 is 0. The first-order chi connectivity index (χ1) is 10.5. The van der Waals surface area contributed by atoms with E-state index < -0.39 is 0 Å². The third-order valence-electron chi connectivity index (χ3n) is 6.23. The van der Waals surface area contributed by atoms with Crippen LogP contribution in [-0.2, 0) is 20.9 Å². The Hall–Kier alpha value is -1.29. The van der Waals surface area contributed by atoms with E-state index >= 15 is 0 Å². The molecular formula is C18H23BO3. The monoisotopic (exact) mass is 298 g/mol. The molecule has 22 heavy (non-hydrogen) atoms. The van der Waals surface area contributed by atoms with Gasteiger partial charge in [-0.3, -0.25) is 4.79 Å². The van der Waals surface area contributed by atoms with Crippen molar-refractivity contribution in [1.82, 2.24) is 0 Å². The molecule has 1 saturated heterocycles. The van der Waals surface area contributed by atoms with Crippen molar-refractivity contribution < 1.29 is 14.3 Å². The van der Waals surface area contributed by atoms with Crippen LogP contribution < -0.4 is 0 Å². The van der Waals surface area contributed by atoms with Gasteiger partial charge < -0.3 is 9.47 Å². The topological polar surface area (TPSA) is 35.5 Å². The van der Waals surface area contributed by atoms with Crippen LogP contribution >= 0.6 is 0 Å². The van der Waals surface area contributed by atoms with Gasteiger partial charge in [0.05, 0.1) is 12.0 Å². The van der Waals surface area contributed by atoms with Crippen LogP contribution in [0.5, 0.6) is 0 Å². The minimum Gasteiger partial charge on any atom is -0.461 e. The normalized spacial score (nSPS) is 37.4. The van der Waals surface area contributed by atoms with E-state index in [1.54, 1.807) is 0 Å². The van der Waals surface area contributed by atoms with E-state index in [0.717, 1.165) is 12.0 Å². The first-order valence-corrected chi connectivity index (χ1v) is 8.42. The lowest BCUT2D eigenvalue weighted by Gasteiger charge is -2.34. The van der Waals surface area contributed by atoms with Crippen LogP contribution in [0.25, 0.3) is 0 Å². The van der Waals surface area contributed by atoms with Gasteiger partial charge in [0.2, 0.25) is 0 Å². The summed E-state index contributed by atoms with van der Waals surface area (Å²) in [5.41, 5.74) is 1.25. The zero-order valence-electron chi connectivity index (χ0n) is 13.4. The van der Waals surface area contributed by atoms with Crippen molar-refractivity contribution in [1.29, 1.82) is 0 Å². The summed E-state index contributed by atoms with van der Waals surface area (Å²) in [6, 6.07) is 10.1. The molecule has 3 fully saturated rings. The number of carbonyl (C=O) groups excluding carboxylic acids is 1. The van der Waals surface area contributed by atoms with E-state index in [2.05, 4.69) is 14.8 Å². The van der Waals surface area contributed by atoms with Crippen molar-refractivity contribution in [3.8, 4) is 0 Å². The highest BCUT2D eigenvalue weighted by Gasteiger charge is 2.71. The second-order valence-electron chi connectivity index (χ2n) is 7.56. The first-order valence-electron chi connectivity index (χ1n) is 8.42. The van der Waals surface area contributed by atoms with Gasteiger partial charge in [-0.05, 0) is 42.1 Å². The number of ether oxygens (including phenoxy) is 2. The molecule has 2 bridgehead atoms. The maximum Gasteiger partial charge on any atom is 0.309 e. The SMILES string of the molecule is B[C@@H]1O[C@@]2(CC(=O)OCc3ccccc3)CC3(CC3)[C@H]1C2C. The molecule has 4 atom stereocenters. The summed E-state index contributed by atoms with van der Waals surface area (Å²) in [4.78, 5) is 12.3. The fraction of sp³-hybridized carbons (Fsp3) is 0.611. The molecule has 4 heteroatoms. The summed E-state index contributed by atoms with van der Waals surface area (Å²) in [6.45, 7) is 2.62. The molecule has 1 aromatic rings. The van der Waals surface area contributed by atoms with Gasteiger partial charge in [0.1, 0.15) is 14.5 Å². The smallest absolute Gasteiger partial charge is 0.309 e. The molecule has 116 valence electrons. The van der Waals surface area contributed by atoms with Crippen molar-refractivity contribution in [2.75, 3.05) is 0 Å². The number of carbonyl (C=O) groups is 1. The lowest BCUT2D eigenvalue weighted by molar-refractivity contribution is -0.155. The molecule has 1 unspecified atom stereocenters. The van der Waals surface area contributed by atoms with Crippen LogP contribution in [0.2, 0.25) is 0 Å². The molecule has 3 nitrogen and oxygen atoms in total. The fourth-order valence-electron chi connectivity index (χ4n) is 5.20. The number of fused-ring (bicyclic) bond motifs is 3. The van der Waals surface area contributed by atoms with Gasteiger partial charge >= 0.3 is 5.97 Å². The number of rotatable bonds is 4. The molecule has 2 saturated carbocycles. The third-order valence-corrected chi connectivity index (χ3v) is 6.23. The zero-order chi connectivity index (χ0) is 15.4. The van der Waals surface area contributed by atoms with E-state index in [9.17, 15) is 4.79 Å². The van der Waals surface area contributed by atoms with E-state index in [-0.39, 0.29) is 17.6 Å². The van der Waals surface area contributed by atoms with E-state index in [1.165, 1.54) is 12.8 Å². The number of esters is 1. The van der Waals surface area contributed by atoms with Crippen LogP contribution in [0.4, 0.5) is 0 Å². The average Bonchev–Trinajstić information content (AvgIpc) is 3.14. The van der Waals surface area contributed by atoms with Gasteiger partial charge in [-0.2, -0.15) is 0 Å². The Kier molecular flexibility index (Phi) is 3.16. The molecule has 0 radical (unpaired) electrons. The Balaban J connectivity index is 1.41. The molecule has 1 spiro atoms. The maximum atomic E-state index is 12.3. The van der Waals surface area contributed by atoms with E-state index in [4.69, 9.17) is 9.47 Å². The molecule has 0 amide bonds. The largest absolute Gasteiger partial charge is 0.461 e. The summed E-state index contributed by atoms with van der Waals surface area (Å²) in [5.74, 6) is 0.977. The molecular weight excluding hydrogens is 275 g/mol. The zero-order valence-corrected chi connectivity index (χ0v) is 13.4. The Labute approximate surface area is 132 Å². The highest BCUT2D eigenvalue weighted by Crippen LogP contribution is 2.72. The average molecular weight is 298 g/mol. The van der Waals surface area contributed by atoms with Crippen LogP contribution in [0.15, 0.2) is 30.3 Å². The highest BCUT2D eigenvalue weighted by molar-refractivity contribution is 6.11. The number of hydrogen-bond acceptors (Lipinski definition) is 3. The molecule has 1 heterocycles. The molecule has 1 aliphatic heterocycles. The van der Waals surface area contributed by atoms with Crippen molar-refractivity contribution in [2.45, 2.75) is 50.8 Å². The number of benzene rings is 1. The maximum absolute atomic E-state index is 12.3. The minimum absolute atomic E-state index is 0.124. The Bertz CT molecular complexity index is 583. The third kappa shape index (κ3) is 2.11. The van der Waals surface area contributed by atoms with Gasteiger partial charge in [-0.25, -0.2) is 0 Å². The fourth-order valence-corrected chi connectivity index (χ4v) is 5.20. The molecule has 1 aromatic carbocycles. The van der Waals surface area contributed by atoms with Gasteiger partial charge in [0.25, 0.3) is 0 Å². The second kappa shape index (κ2) is 4.85. The van der Waals surface area contributed by atoms with E-state index in [1.807, 2.05) is 30.3 Å². The summed E-state index contributed by atoms with van der Waals surface area (Å²) in [5, 5.41) is 0. The van der Waals surface area contributed by atoms with Crippen LogP contribution in [0.1, 0.15) is 38.2 Å². The van der Waals surface area contributed by atoms with Gasteiger partial charge in [-0.15, -0.1) is 0 Å². The second-order valence-corrected chi connectivity index (χ2v) is 7.56. The predicted molar refractivity (Wildman–Crippen MR) is 85.9 cm³/mol. The summed E-state index contributed by atoms with van der Waals surface area (Å²) < 4.78 is 11.7. The van der Waals surface area contributed by atoms with Crippen molar-refractivity contribution >= 4 is 13.8 Å². The molecule has 2 aliphatic carbocycles. The van der Waals surface area contributed by atoms with Crippen LogP contribution in [0, 0.1) is 17.3 Å². The Morgan fingerprint density at radius 1 is 1.36 bits per heavy atom. The van der Waals surface area contributed by atoms with Crippen LogP contribution in [-0.4, -0.2) is 25.4 Å². The summed E-state index contributed by atoms with van der Waals surface area (Å²) in [7, 11) is 2.18. The van der Waals surface area contributed by atoms with Gasteiger partial charge in [0, 0.05) is 6.00 Å². The molecule has 0 aromatic heterocycles. The standard InChI is InChI=1S/C18H23BO3/c1-12-15-16(19)22-18(12,11-17(15)7-8-17)9-14(20)21-10-13-5-3-2-4-6-13/h2-6,12,15-16H,7-11,19H2,1H3/t12?,15-,16+,18-/m0/s1. The minimum atomic E-state index is -0.269. The lowest BCUT2D eigenvalue weighted by Crippen LogP contribution is -2.39. The molecule has 3 aliphatic rings. The Morgan fingerprint density at radius 2 is 2.09 bits per heavy atom. The van der Waals surface area contributed by atoms with Gasteiger partial charge in [0.15, 0.2) is 0 Å². The lowest BCUT2D eigenvalue weighted by atomic mass is 9.75. The van der Waals surface area contributed by atoms with Crippen molar-refractivity contribution in [3.05, 3.63) is 35.9 Å². The Morgan fingerprint density at radius 3 is 2.73 bits per heavy atom. The first kappa shape index (κ1) is 14.3. The quantitative estimate of drug-likeness (QED) is 0.632.